The molecule has 0 radical (unpaired) electrons. The molecule has 3 rings (SSSR count). The number of hydrogen-bond donors (Lipinski definition) is 1. The Hall–Kier alpha value is -2.46. The van der Waals surface area contributed by atoms with Gasteiger partial charge in [0.05, 0.1) is 26.5 Å². The lowest BCUT2D eigenvalue weighted by Crippen LogP contribution is -2.75. The van der Waals surface area contributed by atoms with Gasteiger partial charge >= 0.3 is 0 Å². The number of thioether (sulfide) groups is 1. The molecule has 0 spiro atoms. The van der Waals surface area contributed by atoms with E-state index in [1.165, 1.54) is 18.2 Å². The van der Waals surface area contributed by atoms with Gasteiger partial charge < -0.3 is 9.47 Å². The van der Waals surface area contributed by atoms with Crippen molar-refractivity contribution in [3.63, 3.8) is 0 Å². The predicted octanol–water partition coefficient (Wildman–Crippen LogP) is 4.54. The lowest BCUT2D eigenvalue weighted by Gasteiger charge is -2.13. The van der Waals surface area contributed by atoms with Crippen LogP contribution in [-0.4, -0.2) is 36.5 Å². The first-order valence-electron chi connectivity index (χ1n) is 9.72. The second-order valence-corrected chi connectivity index (χ2v) is 7.93. The summed E-state index contributed by atoms with van der Waals surface area (Å²) in [5, 5.41) is -0.112. The average Bonchev–Trinajstić information content (AvgIpc) is 2.76. The Morgan fingerprint density at radius 2 is 1.91 bits per heavy atom. The Balaban J connectivity index is 1.62. The summed E-state index contributed by atoms with van der Waals surface area (Å²) in [6.07, 6.45) is 3.53. The van der Waals surface area contributed by atoms with Gasteiger partial charge in [0.1, 0.15) is 23.0 Å². The van der Waals surface area contributed by atoms with Crippen molar-refractivity contribution in [3.8, 4) is 22.8 Å². The largest absolute Gasteiger partial charge is 0.493 e. The molecule has 0 atom stereocenters. The van der Waals surface area contributed by atoms with Crippen LogP contribution in [0.25, 0.3) is 11.3 Å². The van der Waals surface area contributed by atoms with Crippen LogP contribution in [0.3, 0.4) is 0 Å². The minimum Gasteiger partial charge on any atom is -0.493 e. The van der Waals surface area contributed by atoms with Gasteiger partial charge in [-0.05, 0) is 41.6 Å². The van der Waals surface area contributed by atoms with Crippen molar-refractivity contribution in [1.82, 2.24) is 9.97 Å². The van der Waals surface area contributed by atoms with Gasteiger partial charge in [-0.1, -0.05) is 0 Å². The number of nitrogens with zero attached hydrogens (tertiary/aromatic N) is 2. The maximum absolute atomic E-state index is 14.2. The minimum absolute atomic E-state index is 0.0521. The molecular formula is C22H23ClF2N3O3S+. The molecule has 0 amide bonds. The predicted molar refractivity (Wildman–Crippen MR) is 120 cm³/mol. The highest BCUT2D eigenvalue weighted by Crippen LogP contribution is 2.31. The molecule has 1 heterocycles. The van der Waals surface area contributed by atoms with E-state index in [2.05, 4.69) is 9.97 Å². The second kappa shape index (κ2) is 12.0. The third-order valence-electron chi connectivity index (χ3n) is 4.28. The number of halogens is 3. The lowest BCUT2D eigenvalue weighted by atomic mass is 10.1. The maximum atomic E-state index is 14.2. The number of benzene rings is 2. The van der Waals surface area contributed by atoms with Crippen LogP contribution >= 0.6 is 23.4 Å². The van der Waals surface area contributed by atoms with Gasteiger partial charge in [0, 0.05) is 35.9 Å². The first kappa shape index (κ1) is 24.2. The number of nitrogens with two attached hydrogens (primary N) is 1. The molecule has 0 saturated heterocycles. The molecule has 6 nitrogen and oxygen atoms in total. The van der Waals surface area contributed by atoms with Crippen molar-refractivity contribution in [3.05, 3.63) is 65.1 Å². The van der Waals surface area contributed by atoms with Gasteiger partial charge in [0.2, 0.25) is 5.28 Å². The molecule has 0 aliphatic carbocycles. The zero-order valence-electron chi connectivity index (χ0n) is 17.6. The Morgan fingerprint density at radius 3 is 2.69 bits per heavy atom. The van der Waals surface area contributed by atoms with Crippen molar-refractivity contribution in [2.24, 2.45) is 0 Å². The van der Waals surface area contributed by atoms with E-state index >= 15 is 0 Å². The molecule has 0 aliphatic rings. The van der Waals surface area contributed by atoms with Crippen molar-refractivity contribution in [1.29, 1.82) is 0 Å². The van der Waals surface area contributed by atoms with E-state index in [9.17, 15) is 8.78 Å². The van der Waals surface area contributed by atoms with Crippen LogP contribution in [0.1, 0.15) is 12.0 Å². The van der Waals surface area contributed by atoms with Crippen molar-refractivity contribution < 1.29 is 28.6 Å². The van der Waals surface area contributed by atoms with Gasteiger partial charge in [-0.3, -0.25) is 0 Å². The summed E-state index contributed by atoms with van der Waals surface area (Å²) >= 11 is 7.50. The summed E-state index contributed by atoms with van der Waals surface area (Å²) < 4.78 is 39.5. The zero-order chi connectivity index (χ0) is 22.9. The highest BCUT2D eigenvalue weighted by Gasteiger charge is 2.15. The normalized spacial score (nSPS) is 10.9. The fourth-order valence-corrected chi connectivity index (χ4v) is 3.63. The molecule has 3 aromatic rings. The van der Waals surface area contributed by atoms with Crippen LogP contribution < -0.4 is 15.0 Å². The molecule has 0 bridgehead atoms. The van der Waals surface area contributed by atoms with Crippen molar-refractivity contribution >= 4 is 29.1 Å². The summed E-state index contributed by atoms with van der Waals surface area (Å²) in [6, 6.07) is 9.70. The van der Waals surface area contributed by atoms with E-state index in [0.717, 1.165) is 29.0 Å². The maximum Gasteiger partial charge on any atom is 0.223 e. The Bertz CT molecular complexity index is 1030. The van der Waals surface area contributed by atoms with E-state index in [0.29, 0.717) is 18.6 Å². The average molecular weight is 483 g/mol. The van der Waals surface area contributed by atoms with Gasteiger partial charge in [0.15, 0.2) is 11.5 Å². The molecule has 32 heavy (non-hydrogen) atoms. The highest BCUT2D eigenvalue weighted by atomic mass is 35.5. The second-order valence-electron chi connectivity index (χ2n) is 6.72. The van der Waals surface area contributed by atoms with Crippen LogP contribution in [0.5, 0.6) is 11.5 Å². The zero-order valence-corrected chi connectivity index (χ0v) is 19.2. The Morgan fingerprint density at radius 1 is 1.09 bits per heavy atom. The molecule has 0 fully saturated rings. The number of rotatable bonds is 11. The molecule has 1 aromatic heterocycles. The topological polar surface area (TPSA) is 70.1 Å². The smallest absolute Gasteiger partial charge is 0.223 e. The summed E-state index contributed by atoms with van der Waals surface area (Å²) in [4.78, 5) is 12.6. The molecular weight excluding hydrogens is 460 g/mol. The fraction of sp³-hybridized carbons (Fsp3) is 0.273. The third-order valence-corrected chi connectivity index (χ3v) is 5.09. The minimum atomic E-state index is -0.678. The molecule has 170 valence electrons. The Labute approximate surface area is 194 Å². The van der Waals surface area contributed by atoms with Gasteiger partial charge in [-0.2, -0.15) is 17.2 Å². The number of quaternary nitrogens is 1. The molecule has 10 heteroatoms. The quantitative estimate of drug-likeness (QED) is 0.187. The molecule has 0 unspecified atom stereocenters. The third kappa shape index (κ3) is 6.77. The van der Waals surface area contributed by atoms with E-state index in [-0.39, 0.29) is 23.3 Å². The molecule has 0 aliphatic heterocycles. The monoisotopic (exact) mass is 482 g/mol. The lowest BCUT2D eigenvalue weighted by molar-refractivity contribution is -0.830. The van der Waals surface area contributed by atoms with E-state index < -0.39 is 11.6 Å². The standard InChI is InChI=1S/C22H22ClF2N3O3S/c1-29-28-16-8-14(13-32-2)9-17(11-16)30-6-3-7-31-20-10-15(24)4-5-18(20)21-19(25)12-26-22(23)27-21/h4-5,8-12,28H,3,6-7,13H2,1-2H3/p+1. The molecule has 2 aromatic carbocycles. The Kier molecular flexibility index (Phi) is 9.04. The number of aromatic nitrogens is 2. The highest BCUT2D eigenvalue weighted by molar-refractivity contribution is 7.97. The SMILES string of the molecule is CO[NH2+]c1cc(CSC)cc(OCCCOc2cc(F)ccc2-c2nc(Cl)ncc2F)c1. The van der Waals surface area contributed by atoms with Crippen LogP contribution in [0, 0.1) is 11.6 Å². The van der Waals surface area contributed by atoms with E-state index in [4.69, 9.17) is 25.9 Å². The number of ether oxygens (including phenoxy) is 2. The summed E-state index contributed by atoms with van der Waals surface area (Å²) in [7, 11) is 1.60. The molecule has 2 N–H and O–H groups in total. The first-order chi connectivity index (χ1) is 15.5. The fourth-order valence-electron chi connectivity index (χ4n) is 3.00. The van der Waals surface area contributed by atoms with Gasteiger partial charge in [0.25, 0.3) is 0 Å². The first-order valence-corrected chi connectivity index (χ1v) is 11.5. The van der Waals surface area contributed by atoms with Crippen LogP contribution in [0.4, 0.5) is 14.5 Å². The van der Waals surface area contributed by atoms with Crippen LogP contribution in [0.15, 0.2) is 42.6 Å². The number of hydrogen-bond acceptors (Lipinski definition) is 6. The van der Waals surface area contributed by atoms with E-state index in [1.54, 1.807) is 24.4 Å². The van der Waals surface area contributed by atoms with Crippen molar-refractivity contribution in [2.75, 3.05) is 26.6 Å². The summed E-state index contributed by atoms with van der Waals surface area (Å²) in [5.41, 5.74) is 3.94. The summed E-state index contributed by atoms with van der Waals surface area (Å²) in [5.74, 6) is 0.564. The van der Waals surface area contributed by atoms with Gasteiger partial charge in [-0.25, -0.2) is 23.6 Å². The van der Waals surface area contributed by atoms with Crippen molar-refractivity contribution in [2.45, 2.75) is 12.2 Å². The van der Waals surface area contributed by atoms with E-state index in [1.807, 2.05) is 24.5 Å². The summed E-state index contributed by atoms with van der Waals surface area (Å²) in [6.45, 7) is 0.617. The van der Waals surface area contributed by atoms with Crippen LogP contribution in [-0.2, 0) is 10.6 Å². The molecule has 0 saturated carbocycles. The van der Waals surface area contributed by atoms with Gasteiger partial charge in [-0.15, -0.1) is 0 Å². The van der Waals surface area contributed by atoms with Crippen LogP contribution in [0.2, 0.25) is 5.28 Å².